The number of piperidine rings is 1. The average molecular weight is 525 g/mol. The summed E-state index contributed by atoms with van der Waals surface area (Å²) in [6.07, 6.45) is -4.71. The Morgan fingerprint density at radius 2 is 1.84 bits per heavy atom. The Morgan fingerprint density at radius 1 is 1.11 bits per heavy atom. The highest BCUT2D eigenvalue weighted by Crippen LogP contribution is 2.34. The lowest BCUT2D eigenvalue weighted by atomic mass is 10.0. The molecule has 2 N–H and O–H groups in total. The second-order valence-corrected chi connectivity index (χ2v) is 8.68. The van der Waals surface area contributed by atoms with E-state index in [4.69, 9.17) is 0 Å². The number of benzene rings is 2. The van der Waals surface area contributed by atoms with Crippen LogP contribution < -0.4 is 15.4 Å². The number of carbonyl (C=O) groups is 4. The zero-order valence-electron chi connectivity index (χ0n) is 19.2. The molecule has 2 aromatic rings. The van der Waals surface area contributed by atoms with Gasteiger partial charge in [-0.15, -0.1) is 13.2 Å². The zero-order chi connectivity index (χ0) is 27.1. The molecular weight excluding hydrogens is 505 g/mol. The summed E-state index contributed by atoms with van der Waals surface area (Å²) in [7, 11) is 0. The van der Waals surface area contributed by atoms with Crippen molar-refractivity contribution >= 4 is 23.6 Å². The average Bonchev–Trinajstić information content (AvgIpc) is 3.13. The predicted molar refractivity (Wildman–Crippen MR) is 116 cm³/mol. The number of fused-ring (bicyclic) bond motifs is 1. The van der Waals surface area contributed by atoms with Crippen molar-refractivity contribution in [1.82, 2.24) is 15.5 Å². The minimum Gasteiger partial charge on any atom is -0.406 e. The van der Waals surface area contributed by atoms with Crippen LogP contribution in [0.2, 0.25) is 0 Å². The smallest absolute Gasteiger partial charge is 0.406 e. The van der Waals surface area contributed by atoms with Crippen LogP contribution in [0.25, 0.3) is 0 Å². The Bertz CT molecular complexity index is 1290. The number of rotatable bonds is 6. The van der Waals surface area contributed by atoms with Crippen molar-refractivity contribution in [1.29, 1.82) is 0 Å². The maximum atomic E-state index is 14.7. The molecule has 4 amide bonds. The Balaban J connectivity index is 1.42. The van der Waals surface area contributed by atoms with Crippen LogP contribution in [0.1, 0.15) is 45.5 Å². The lowest BCUT2D eigenvalue weighted by Gasteiger charge is -2.29. The van der Waals surface area contributed by atoms with Crippen molar-refractivity contribution in [3.05, 3.63) is 64.2 Å². The Kier molecular flexibility index (Phi) is 6.65. The number of carbonyl (C=O) groups excluding carboxylic acids is 4. The molecule has 2 aromatic carbocycles. The lowest BCUT2D eigenvalue weighted by Crippen LogP contribution is -2.52. The van der Waals surface area contributed by atoms with Gasteiger partial charge in [0.1, 0.15) is 11.8 Å². The molecule has 0 aromatic heterocycles. The number of nitrogens with zero attached hydrogens (tertiary/aromatic N) is 1. The summed E-state index contributed by atoms with van der Waals surface area (Å²) < 4.78 is 70.4. The van der Waals surface area contributed by atoms with E-state index in [1.165, 1.54) is 17.0 Å². The third-order valence-electron chi connectivity index (χ3n) is 6.09. The number of aryl methyl sites for hydroxylation is 1. The largest absolute Gasteiger partial charge is 0.573 e. The molecule has 0 bridgehead atoms. The molecule has 8 nitrogen and oxygen atoms in total. The van der Waals surface area contributed by atoms with E-state index in [1.54, 1.807) is 6.07 Å². The molecule has 1 fully saturated rings. The summed E-state index contributed by atoms with van der Waals surface area (Å²) in [6, 6.07) is 5.80. The first-order valence-corrected chi connectivity index (χ1v) is 11.1. The standard InChI is InChI=1S/C24H20F5N3O5/c1-12-8-15(3-6-18(12)37-24(27,28)29)23(25,26)22(36)30-10-13-2-4-16-14(9-13)11-32(21(16)35)17-5-7-19(33)31-20(17)34/h2-4,6,8-9,17H,5,7,10-11H2,1H3,(H,30,36)(H,31,33,34). The minimum atomic E-state index is -4.99. The number of imide groups is 1. The van der Waals surface area contributed by atoms with Crippen LogP contribution in [-0.2, 0) is 33.4 Å². The lowest BCUT2D eigenvalue weighted by molar-refractivity contribution is -0.274. The van der Waals surface area contributed by atoms with Gasteiger partial charge in [-0.2, -0.15) is 8.78 Å². The third-order valence-corrected chi connectivity index (χ3v) is 6.09. The molecule has 13 heteroatoms. The van der Waals surface area contributed by atoms with Gasteiger partial charge in [0.05, 0.1) is 0 Å². The van der Waals surface area contributed by atoms with Crippen molar-refractivity contribution in [2.75, 3.05) is 0 Å². The SMILES string of the molecule is Cc1cc(C(F)(F)C(=O)NCc2ccc3c(c2)CN(C2CCC(=O)NC2=O)C3=O)ccc1OC(F)(F)F. The first kappa shape index (κ1) is 26.0. The van der Waals surface area contributed by atoms with E-state index in [9.17, 15) is 41.1 Å². The molecule has 2 aliphatic rings. The van der Waals surface area contributed by atoms with Gasteiger partial charge in [0, 0.05) is 30.6 Å². The van der Waals surface area contributed by atoms with Gasteiger partial charge in [-0.05, 0) is 54.3 Å². The summed E-state index contributed by atoms with van der Waals surface area (Å²) in [5, 5.41) is 4.29. The van der Waals surface area contributed by atoms with Gasteiger partial charge in [-0.25, -0.2) is 0 Å². The molecule has 1 saturated heterocycles. The molecule has 2 aliphatic heterocycles. The van der Waals surface area contributed by atoms with Crippen LogP contribution in [0.5, 0.6) is 5.75 Å². The monoisotopic (exact) mass is 525 g/mol. The maximum Gasteiger partial charge on any atom is 0.573 e. The topological polar surface area (TPSA) is 105 Å². The summed E-state index contributed by atoms with van der Waals surface area (Å²) in [5.74, 6) is -7.76. The normalized spacial score (nSPS) is 17.9. The number of halogens is 5. The summed E-state index contributed by atoms with van der Waals surface area (Å²) in [4.78, 5) is 49.9. The highest BCUT2D eigenvalue weighted by atomic mass is 19.4. The molecule has 0 saturated carbocycles. The second kappa shape index (κ2) is 9.45. The van der Waals surface area contributed by atoms with E-state index in [0.717, 1.165) is 13.0 Å². The molecule has 196 valence electrons. The van der Waals surface area contributed by atoms with E-state index >= 15 is 0 Å². The van der Waals surface area contributed by atoms with Crippen molar-refractivity contribution in [2.24, 2.45) is 0 Å². The fraction of sp³-hybridized carbons (Fsp3) is 0.333. The first-order chi connectivity index (χ1) is 17.3. The van der Waals surface area contributed by atoms with Crippen molar-refractivity contribution in [3.8, 4) is 5.75 Å². The number of hydrogen-bond acceptors (Lipinski definition) is 5. The van der Waals surface area contributed by atoms with Crippen LogP contribution in [0.4, 0.5) is 22.0 Å². The third kappa shape index (κ3) is 5.39. The highest BCUT2D eigenvalue weighted by molar-refractivity contribution is 6.05. The summed E-state index contributed by atoms with van der Waals surface area (Å²) in [6.45, 7) is 0.898. The van der Waals surface area contributed by atoms with Crippen molar-refractivity contribution in [3.63, 3.8) is 0 Å². The zero-order valence-corrected chi connectivity index (χ0v) is 19.2. The van der Waals surface area contributed by atoms with E-state index in [0.29, 0.717) is 28.8 Å². The number of amides is 4. The Labute approximate surface area is 206 Å². The molecular formula is C24H20F5N3O5. The number of hydrogen-bond donors (Lipinski definition) is 2. The molecule has 1 unspecified atom stereocenters. The molecule has 1 atom stereocenters. The fourth-order valence-corrected chi connectivity index (χ4v) is 4.25. The van der Waals surface area contributed by atoms with Gasteiger partial charge in [0.25, 0.3) is 11.8 Å². The van der Waals surface area contributed by atoms with Crippen LogP contribution in [0.3, 0.4) is 0 Å². The predicted octanol–water partition coefficient (Wildman–Crippen LogP) is 3.06. The molecule has 4 rings (SSSR count). The number of ether oxygens (including phenoxy) is 1. The van der Waals surface area contributed by atoms with Gasteiger partial charge in [0.2, 0.25) is 11.8 Å². The second-order valence-electron chi connectivity index (χ2n) is 8.68. The van der Waals surface area contributed by atoms with Gasteiger partial charge in [-0.3, -0.25) is 24.5 Å². The van der Waals surface area contributed by atoms with Gasteiger partial charge in [0.15, 0.2) is 0 Å². The minimum absolute atomic E-state index is 0.0734. The van der Waals surface area contributed by atoms with Gasteiger partial charge < -0.3 is 15.0 Å². The van der Waals surface area contributed by atoms with E-state index in [2.05, 4.69) is 15.4 Å². The van der Waals surface area contributed by atoms with E-state index in [-0.39, 0.29) is 31.5 Å². The van der Waals surface area contributed by atoms with E-state index in [1.807, 2.05) is 0 Å². The van der Waals surface area contributed by atoms with Gasteiger partial charge >= 0.3 is 12.3 Å². The van der Waals surface area contributed by atoms with Gasteiger partial charge in [-0.1, -0.05) is 12.1 Å². The number of alkyl halides is 5. The summed E-state index contributed by atoms with van der Waals surface area (Å²) >= 11 is 0. The molecule has 0 spiro atoms. The highest BCUT2D eigenvalue weighted by Gasteiger charge is 2.42. The Hall–Kier alpha value is -4.03. The van der Waals surface area contributed by atoms with Crippen LogP contribution >= 0.6 is 0 Å². The quantitative estimate of drug-likeness (QED) is 0.446. The Morgan fingerprint density at radius 3 is 2.49 bits per heavy atom. The van der Waals surface area contributed by atoms with Crippen molar-refractivity contribution < 1.29 is 45.9 Å². The number of nitrogens with one attached hydrogen (secondary N) is 2. The van der Waals surface area contributed by atoms with Crippen molar-refractivity contribution in [2.45, 2.75) is 51.2 Å². The van der Waals surface area contributed by atoms with Crippen LogP contribution in [-0.4, -0.2) is 40.9 Å². The van der Waals surface area contributed by atoms with Crippen LogP contribution in [0, 0.1) is 6.92 Å². The molecule has 2 heterocycles. The van der Waals surface area contributed by atoms with Crippen LogP contribution in [0.15, 0.2) is 36.4 Å². The molecule has 37 heavy (non-hydrogen) atoms. The summed E-state index contributed by atoms with van der Waals surface area (Å²) in [5.41, 5.74) is 0.222. The first-order valence-electron chi connectivity index (χ1n) is 11.1. The maximum absolute atomic E-state index is 14.7. The van der Waals surface area contributed by atoms with E-state index < -0.39 is 53.3 Å². The molecule has 0 radical (unpaired) electrons. The fourth-order valence-electron chi connectivity index (χ4n) is 4.25. The molecule has 0 aliphatic carbocycles.